The minimum absolute atomic E-state index is 0.603. The number of aromatic nitrogens is 2. The second-order valence-electron chi connectivity index (χ2n) is 4.97. The minimum Gasteiger partial charge on any atom is -0.385 e. The highest BCUT2D eigenvalue weighted by atomic mass is 32.1. The lowest BCUT2D eigenvalue weighted by Gasteiger charge is -2.07. The molecule has 1 N–H and O–H groups in total. The first-order chi connectivity index (χ1) is 10.2. The van der Waals surface area contributed by atoms with Gasteiger partial charge in [-0.15, -0.1) is 11.3 Å². The van der Waals surface area contributed by atoms with Crippen molar-refractivity contribution in [3.05, 3.63) is 52.7 Å². The fraction of sp³-hybridized carbons (Fsp3) is 0.250. The summed E-state index contributed by atoms with van der Waals surface area (Å²) in [6.45, 7) is 5.02. The molecule has 0 saturated heterocycles. The van der Waals surface area contributed by atoms with Crippen LogP contribution < -0.4 is 5.32 Å². The summed E-state index contributed by atoms with van der Waals surface area (Å²) in [5, 5.41) is 9.40. The highest BCUT2D eigenvalue weighted by Gasteiger charge is 2.09. The number of nitrogens with zero attached hydrogens (tertiary/aromatic N) is 2. The van der Waals surface area contributed by atoms with E-state index in [2.05, 4.69) is 47.5 Å². The monoisotopic (exact) mass is 299 g/mol. The first-order valence-corrected chi connectivity index (χ1v) is 7.78. The molecule has 2 aromatic heterocycles. The van der Waals surface area contributed by atoms with Crippen molar-refractivity contribution in [2.75, 3.05) is 11.9 Å². The van der Waals surface area contributed by atoms with Crippen molar-refractivity contribution >= 4 is 17.0 Å². The lowest BCUT2D eigenvalue weighted by Crippen LogP contribution is -2.06. The Labute approximate surface area is 127 Å². The van der Waals surface area contributed by atoms with E-state index in [9.17, 15) is 0 Å². The van der Waals surface area contributed by atoms with Crippen LogP contribution in [0.4, 0.5) is 5.69 Å². The molecule has 0 aliphatic carbocycles. The van der Waals surface area contributed by atoms with E-state index in [-0.39, 0.29) is 0 Å². The Morgan fingerprint density at radius 3 is 2.86 bits per heavy atom. The quantitative estimate of drug-likeness (QED) is 0.771. The summed E-state index contributed by atoms with van der Waals surface area (Å²) in [6.07, 6.45) is 0.738. The second kappa shape index (κ2) is 6.10. The van der Waals surface area contributed by atoms with Gasteiger partial charge in [0.05, 0.1) is 4.88 Å². The maximum atomic E-state index is 5.27. The predicted molar refractivity (Wildman–Crippen MR) is 85.7 cm³/mol. The Bertz CT molecular complexity index is 719. The Kier molecular flexibility index (Phi) is 4.01. The second-order valence-corrected chi connectivity index (χ2v) is 5.92. The fourth-order valence-corrected chi connectivity index (χ4v) is 2.67. The van der Waals surface area contributed by atoms with Gasteiger partial charge in [0.15, 0.2) is 5.82 Å². The normalized spacial score (nSPS) is 10.8. The Morgan fingerprint density at radius 2 is 2.10 bits per heavy atom. The number of anilines is 1. The van der Waals surface area contributed by atoms with Crippen molar-refractivity contribution in [1.82, 2.24) is 10.1 Å². The number of benzene rings is 1. The van der Waals surface area contributed by atoms with E-state index in [1.165, 1.54) is 11.1 Å². The van der Waals surface area contributed by atoms with Crippen molar-refractivity contribution in [3.8, 4) is 10.8 Å². The first-order valence-electron chi connectivity index (χ1n) is 6.90. The highest BCUT2D eigenvalue weighted by molar-refractivity contribution is 7.13. The number of hydrogen-bond donors (Lipinski definition) is 1. The average Bonchev–Trinajstić information content (AvgIpc) is 3.13. The summed E-state index contributed by atoms with van der Waals surface area (Å²) in [6, 6.07) is 10.3. The van der Waals surface area contributed by atoms with E-state index in [0.29, 0.717) is 5.89 Å². The summed E-state index contributed by atoms with van der Waals surface area (Å²) < 4.78 is 5.27. The molecule has 3 rings (SSSR count). The van der Waals surface area contributed by atoms with Gasteiger partial charge in [-0.2, -0.15) is 4.98 Å². The van der Waals surface area contributed by atoms with Crippen LogP contribution in [0.2, 0.25) is 0 Å². The van der Waals surface area contributed by atoms with Crippen LogP contribution in [0.25, 0.3) is 10.8 Å². The summed E-state index contributed by atoms with van der Waals surface area (Å²) >= 11 is 1.60. The van der Waals surface area contributed by atoms with Gasteiger partial charge in [-0.1, -0.05) is 17.3 Å². The average molecular weight is 299 g/mol. The molecule has 0 saturated carbocycles. The van der Waals surface area contributed by atoms with Gasteiger partial charge < -0.3 is 9.84 Å². The van der Waals surface area contributed by atoms with Crippen LogP contribution in [-0.4, -0.2) is 16.7 Å². The molecule has 5 heteroatoms. The number of hydrogen-bond acceptors (Lipinski definition) is 5. The predicted octanol–water partition coefficient (Wildman–Crippen LogP) is 4.07. The molecule has 0 amide bonds. The molecule has 108 valence electrons. The zero-order valence-electron chi connectivity index (χ0n) is 12.1. The third kappa shape index (κ3) is 3.31. The van der Waals surface area contributed by atoms with Crippen molar-refractivity contribution in [2.45, 2.75) is 20.3 Å². The van der Waals surface area contributed by atoms with E-state index in [4.69, 9.17) is 4.52 Å². The van der Waals surface area contributed by atoms with E-state index in [1.807, 2.05) is 17.5 Å². The van der Waals surface area contributed by atoms with Crippen LogP contribution in [0.5, 0.6) is 0 Å². The molecule has 2 heterocycles. The number of aryl methyl sites for hydroxylation is 2. The lowest BCUT2D eigenvalue weighted by molar-refractivity contribution is 0.424. The SMILES string of the molecule is Cc1ccc(NCCc2noc(-c3cccs3)n2)cc1C. The zero-order chi connectivity index (χ0) is 14.7. The molecule has 3 aromatic rings. The molecule has 1 aromatic carbocycles. The van der Waals surface area contributed by atoms with Gasteiger partial charge in [-0.3, -0.25) is 0 Å². The molecule has 4 nitrogen and oxygen atoms in total. The van der Waals surface area contributed by atoms with Crippen LogP contribution in [-0.2, 0) is 6.42 Å². The molecule has 0 atom stereocenters. The smallest absolute Gasteiger partial charge is 0.267 e. The van der Waals surface area contributed by atoms with Crippen molar-refractivity contribution in [1.29, 1.82) is 0 Å². The molecule has 0 aliphatic heterocycles. The van der Waals surface area contributed by atoms with Crippen LogP contribution in [0, 0.1) is 13.8 Å². The molecule has 0 aliphatic rings. The molecular weight excluding hydrogens is 282 g/mol. The van der Waals surface area contributed by atoms with Gasteiger partial charge in [0.25, 0.3) is 5.89 Å². The van der Waals surface area contributed by atoms with Crippen LogP contribution in [0.3, 0.4) is 0 Å². The van der Waals surface area contributed by atoms with Crippen LogP contribution in [0.1, 0.15) is 17.0 Å². The molecule has 0 fully saturated rings. The topological polar surface area (TPSA) is 51.0 Å². The summed E-state index contributed by atoms with van der Waals surface area (Å²) in [5.74, 6) is 1.33. The third-order valence-electron chi connectivity index (χ3n) is 3.38. The maximum absolute atomic E-state index is 5.27. The van der Waals surface area contributed by atoms with E-state index in [0.717, 1.165) is 29.4 Å². The molecule has 0 radical (unpaired) electrons. The number of rotatable bonds is 5. The van der Waals surface area contributed by atoms with Gasteiger partial charge in [-0.05, 0) is 48.6 Å². The minimum atomic E-state index is 0.603. The third-order valence-corrected chi connectivity index (χ3v) is 4.24. The summed E-state index contributed by atoms with van der Waals surface area (Å²) in [7, 11) is 0. The van der Waals surface area contributed by atoms with Crippen molar-refractivity contribution < 1.29 is 4.52 Å². The maximum Gasteiger partial charge on any atom is 0.267 e. The Morgan fingerprint density at radius 1 is 1.19 bits per heavy atom. The van der Waals surface area contributed by atoms with Gasteiger partial charge in [0.1, 0.15) is 0 Å². The number of thiophene rings is 1. The summed E-state index contributed by atoms with van der Waals surface area (Å²) in [4.78, 5) is 5.42. The molecule has 0 bridgehead atoms. The van der Waals surface area contributed by atoms with Gasteiger partial charge >= 0.3 is 0 Å². The molecule has 21 heavy (non-hydrogen) atoms. The summed E-state index contributed by atoms with van der Waals surface area (Å²) in [5.41, 5.74) is 3.72. The fourth-order valence-electron chi connectivity index (χ4n) is 2.03. The first kappa shape index (κ1) is 13.8. The highest BCUT2D eigenvalue weighted by Crippen LogP contribution is 2.22. The Balaban J connectivity index is 1.57. The van der Waals surface area contributed by atoms with E-state index in [1.54, 1.807) is 11.3 Å². The van der Waals surface area contributed by atoms with Crippen molar-refractivity contribution in [2.24, 2.45) is 0 Å². The van der Waals surface area contributed by atoms with Crippen LogP contribution in [0.15, 0.2) is 40.2 Å². The number of nitrogens with one attached hydrogen (secondary N) is 1. The molecule has 0 spiro atoms. The largest absolute Gasteiger partial charge is 0.385 e. The van der Waals surface area contributed by atoms with Gasteiger partial charge in [0.2, 0.25) is 0 Å². The molecular formula is C16H17N3OS. The van der Waals surface area contributed by atoms with Crippen molar-refractivity contribution in [3.63, 3.8) is 0 Å². The lowest BCUT2D eigenvalue weighted by atomic mass is 10.1. The zero-order valence-corrected chi connectivity index (χ0v) is 12.9. The van der Waals surface area contributed by atoms with Crippen LogP contribution >= 0.6 is 11.3 Å². The van der Waals surface area contributed by atoms with E-state index >= 15 is 0 Å². The Hall–Kier alpha value is -2.14. The van der Waals surface area contributed by atoms with Gasteiger partial charge in [0, 0.05) is 18.7 Å². The van der Waals surface area contributed by atoms with E-state index < -0.39 is 0 Å². The molecule has 0 unspecified atom stereocenters. The van der Waals surface area contributed by atoms with Gasteiger partial charge in [-0.25, -0.2) is 0 Å². The standard InChI is InChI=1S/C16H17N3OS/c1-11-5-6-13(10-12(11)2)17-8-7-15-18-16(20-19-15)14-4-3-9-21-14/h3-6,9-10,17H,7-8H2,1-2H3.